The molecule has 0 aromatic heterocycles. The first-order chi connectivity index (χ1) is 16.4. The predicted molar refractivity (Wildman–Crippen MR) is 127 cm³/mol. The Morgan fingerprint density at radius 2 is 1.65 bits per heavy atom. The number of aliphatic hydroxyl groups excluding tert-OH is 1. The average molecular weight is 469 g/mol. The summed E-state index contributed by atoms with van der Waals surface area (Å²) in [4.78, 5) is 36.5. The van der Waals surface area contributed by atoms with Crippen molar-refractivity contribution in [2.24, 2.45) is 5.92 Å². The average Bonchev–Trinajstić information content (AvgIpc) is 3.14. The zero-order chi connectivity index (χ0) is 24.5. The van der Waals surface area contributed by atoms with Crippen molar-refractivity contribution in [2.45, 2.75) is 32.1 Å². The van der Waals surface area contributed by atoms with Crippen LogP contribution in [0.2, 0.25) is 0 Å². The molecule has 1 unspecified atom stereocenters. The van der Waals surface area contributed by atoms with Crippen molar-refractivity contribution in [2.75, 3.05) is 32.8 Å². The van der Waals surface area contributed by atoms with Gasteiger partial charge in [0.1, 0.15) is 13.2 Å². The van der Waals surface area contributed by atoms with E-state index in [0.29, 0.717) is 19.4 Å². The van der Waals surface area contributed by atoms with Gasteiger partial charge in [0.05, 0.1) is 6.61 Å². The number of ether oxygens (including phenoxy) is 1. The highest BCUT2D eigenvalue weighted by atomic mass is 16.5. The van der Waals surface area contributed by atoms with Crippen LogP contribution in [0, 0.1) is 5.92 Å². The highest BCUT2D eigenvalue weighted by Gasteiger charge is 2.29. The Hall–Kier alpha value is -3.39. The number of carbonyl (C=O) groups excluding carboxylic acids is 2. The Labute approximate surface area is 199 Å². The lowest BCUT2D eigenvalue weighted by atomic mass is 9.98. The first-order valence-electron chi connectivity index (χ1n) is 11.6. The summed E-state index contributed by atoms with van der Waals surface area (Å²) in [5.41, 5.74) is 4.67. The summed E-state index contributed by atoms with van der Waals surface area (Å²) in [6.45, 7) is 1.95. The molecule has 2 amide bonds. The van der Waals surface area contributed by atoms with Gasteiger partial charge in [-0.15, -0.1) is 0 Å². The monoisotopic (exact) mass is 468 g/mol. The number of carboxylic acids is 1. The van der Waals surface area contributed by atoms with Gasteiger partial charge in [-0.05, 0) is 41.0 Å². The van der Waals surface area contributed by atoms with E-state index in [1.54, 1.807) is 0 Å². The van der Waals surface area contributed by atoms with Crippen LogP contribution in [0.15, 0.2) is 48.5 Å². The number of aliphatic carboxylic acids is 1. The van der Waals surface area contributed by atoms with E-state index >= 15 is 0 Å². The fraction of sp³-hybridized carbons (Fsp3) is 0.423. The summed E-state index contributed by atoms with van der Waals surface area (Å²) in [6, 6.07) is 16.3. The van der Waals surface area contributed by atoms with Gasteiger partial charge in [0, 0.05) is 25.4 Å². The third kappa shape index (κ3) is 6.57. The molecule has 0 saturated carbocycles. The molecule has 1 aliphatic carbocycles. The lowest BCUT2D eigenvalue weighted by Gasteiger charge is -2.20. The third-order valence-corrected chi connectivity index (χ3v) is 6.15. The van der Waals surface area contributed by atoms with Gasteiger partial charge in [-0.3, -0.25) is 9.59 Å². The summed E-state index contributed by atoms with van der Waals surface area (Å²) < 4.78 is 5.52. The van der Waals surface area contributed by atoms with E-state index in [4.69, 9.17) is 14.9 Å². The van der Waals surface area contributed by atoms with Gasteiger partial charge in [-0.1, -0.05) is 55.5 Å². The lowest BCUT2D eigenvalue weighted by Crippen LogP contribution is -2.37. The molecule has 0 saturated heterocycles. The number of fused-ring (bicyclic) bond motifs is 3. The van der Waals surface area contributed by atoms with E-state index in [0.717, 1.165) is 16.0 Å². The number of alkyl carbamates (subject to hydrolysis) is 1. The standard InChI is InChI=1S/C26H32N2O6/c1-18(10-11-24(30)28(14-15-29)16-25(31)32)12-13-27-26(33)34-17-23-21-8-4-2-6-19(21)20-7-3-5-9-22(20)23/h2-9,18,23,29H,10-17H2,1H3,(H,27,33)(H,31,32). The zero-order valence-corrected chi connectivity index (χ0v) is 19.4. The number of carbonyl (C=O) groups is 3. The van der Waals surface area contributed by atoms with Crippen LogP contribution >= 0.6 is 0 Å². The van der Waals surface area contributed by atoms with Crippen LogP contribution in [0.4, 0.5) is 4.79 Å². The minimum Gasteiger partial charge on any atom is -0.480 e. The Bertz CT molecular complexity index is 963. The minimum atomic E-state index is -1.11. The number of nitrogens with one attached hydrogen (secondary N) is 1. The van der Waals surface area contributed by atoms with Crippen LogP contribution in [0.3, 0.4) is 0 Å². The van der Waals surface area contributed by atoms with Gasteiger partial charge >= 0.3 is 12.1 Å². The van der Waals surface area contributed by atoms with Crippen LogP contribution in [0.5, 0.6) is 0 Å². The number of aliphatic hydroxyl groups is 1. The second kappa shape index (κ2) is 12.2. The van der Waals surface area contributed by atoms with Crippen molar-refractivity contribution in [3.05, 3.63) is 59.7 Å². The van der Waals surface area contributed by atoms with E-state index in [2.05, 4.69) is 29.6 Å². The smallest absolute Gasteiger partial charge is 0.407 e. The number of amides is 2. The number of carboxylic acid groups (broad SMARTS) is 1. The Morgan fingerprint density at radius 3 is 2.24 bits per heavy atom. The van der Waals surface area contributed by atoms with Gasteiger partial charge in [-0.2, -0.15) is 0 Å². The number of nitrogens with zero attached hydrogens (tertiary/aromatic N) is 1. The molecule has 182 valence electrons. The van der Waals surface area contributed by atoms with E-state index in [9.17, 15) is 14.4 Å². The topological polar surface area (TPSA) is 116 Å². The molecule has 2 aromatic rings. The first kappa shape index (κ1) is 25.2. The van der Waals surface area contributed by atoms with Crippen molar-refractivity contribution < 1.29 is 29.3 Å². The Kier molecular flexibility index (Phi) is 9.04. The second-order valence-electron chi connectivity index (χ2n) is 8.62. The third-order valence-electron chi connectivity index (χ3n) is 6.15. The summed E-state index contributed by atoms with van der Waals surface area (Å²) in [6.07, 6.45) is 0.948. The minimum absolute atomic E-state index is 0.00283. The van der Waals surface area contributed by atoms with Crippen LogP contribution in [0.1, 0.15) is 43.2 Å². The number of hydrogen-bond acceptors (Lipinski definition) is 5. The molecule has 3 rings (SSSR count). The Balaban J connectivity index is 1.40. The largest absolute Gasteiger partial charge is 0.480 e. The molecule has 34 heavy (non-hydrogen) atoms. The maximum Gasteiger partial charge on any atom is 0.407 e. The van der Waals surface area contributed by atoms with Crippen molar-refractivity contribution in [1.82, 2.24) is 10.2 Å². The van der Waals surface area contributed by atoms with E-state index in [1.807, 2.05) is 31.2 Å². The van der Waals surface area contributed by atoms with E-state index in [1.165, 1.54) is 11.1 Å². The van der Waals surface area contributed by atoms with Crippen molar-refractivity contribution >= 4 is 18.0 Å². The lowest BCUT2D eigenvalue weighted by molar-refractivity contribution is -0.144. The first-order valence-corrected chi connectivity index (χ1v) is 11.6. The molecule has 0 heterocycles. The van der Waals surface area contributed by atoms with Crippen molar-refractivity contribution in [3.8, 4) is 11.1 Å². The summed E-state index contributed by atoms with van der Waals surface area (Å²) in [5, 5.41) is 20.7. The maximum absolute atomic E-state index is 12.3. The summed E-state index contributed by atoms with van der Waals surface area (Å²) >= 11 is 0. The molecule has 0 aliphatic heterocycles. The molecule has 1 atom stereocenters. The van der Waals surface area contributed by atoms with Crippen molar-refractivity contribution in [3.63, 3.8) is 0 Å². The molecule has 0 radical (unpaired) electrons. The van der Waals surface area contributed by atoms with Gasteiger partial charge < -0.3 is 25.2 Å². The molecule has 8 nitrogen and oxygen atoms in total. The molecular weight excluding hydrogens is 436 g/mol. The molecular formula is C26H32N2O6. The molecule has 0 bridgehead atoms. The summed E-state index contributed by atoms with van der Waals surface area (Å²) in [7, 11) is 0. The Morgan fingerprint density at radius 1 is 1.03 bits per heavy atom. The molecule has 0 spiro atoms. The fourth-order valence-electron chi connectivity index (χ4n) is 4.32. The quantitative estimate of drug-likeness (QED) is 0.440. The number of rotatable bonds is 12. The van der Waals surface area contributed by atoms with Crippen LogP contribution in [-0.2, 0) is 14.3 Å². The summed E-state index contributed by atoms with van der Waals surface area (Å²) in [5.74, 6) is -1.25. The van der Waals surface area contributed by atoms with Gasteiger partial charge in [0.2, 0.25) is 5.91 Å². The predicted octanol–water partition coefficient (Wildman–Crippen LogP) is 3.24. The number of hydrogen-bond donors (Lipinski definition) is 3. The van der Waals surface area contributed by atoms with Crippen LogP contribution < -0.4 is 5.32 Å². The SMILES string of the molecule is CC(CCNC(=O)OCC1c2ccccc2-c2ccccc21)CCC(=O)N(CCO)CC(=O)O. The van der Waals surface area contributed by atoms with Crippen molar-refractivity contribution in [1.29, 1.82) is 0 Å². The van der Waals surface area contributed by atoms with Gasteiger partial charge in [0.25, 0.3) is 0 Å². The molecule has 0 fully saturated rings. The normalized spacial score (nSPS) is 13.0. The van der Waals surface area contributed by atoms with Gasteiger partial charge in [-0.25, -0.2) is 4.79 Å². The molecule has 1 aliphatic rings. The maximum atomic E-state index is 12.3. The van der Waals surface area contributed by atoms with Gasteiger partial charge in [0.15, 0.2) is 0 Å². The second-order valence-corrected chi connectivity index (χ2v) is 8.62. The zero-order valence-electron chi connectivity index (χ0n) is 19.4. The fourth-order valence-corrected chi connectivity index (χ4v) is 4.32. The van der Waals surface area contributed by atoms with Crippen LogP contribution in [0.25, 0.3) is 11.1 Å². The highest BCUT2D eigenvalue weighted by molar-refractivity contribution is 5.81. The highest BCUT2D eigenvalue weighted by Crippen LogP contribution is 2.44. The number of benzene rings is 2. The van der Waals surface area contributed by atoms with Crippen LogP contribution in [-0.4, -0.2) is 65.9 Å². The molecule has 3 N–H and O–H groups in total. The van der Waals surface area contributed by atoms with E-state index in [-0.39, 0.29) is 43.9 Å². The molecule has 2 aromatic carbocycles. The molecule has 8 heteroatoms. The van der Waals surface area contributed by atoms with E-state index < -0.39 is 18.6 Å².